The molecule has 0 aliphatic heterocycles. The molecule has 0 saturated carbocycles. The zero-order valence-electron chi connectivity index (χ0n) is 10.6. The van der Waals surface area contributed by atoms with Crippen molar-refractivity contribution in [2.24, 2.45) is 5.73 Å². The van der Waals surface area contributed by atoms with Crippen molar-refractivity contribution in [3.8, 4) is 11.5 Å². The standard InChI is InChI=1S/C11H16N4O3/c1-6(2)16-5-9(12)10-14-11(18-15-10)8-4-13-17-7(8)3/h4,6,9H,5,12H2,1-3H3. The summed E-state index contributed by atoms with van der Waals surface area (Å²) in [5.41, 5.74) is 6.57. The van der Waals surface area contributed by atoms with Crippen molar-refractivity contribution in [2.45, 2.75) is 32.9 Å². The Hall–Kier alpha value is -1.73. The van der Waals surface area contributed by atoms with Gasteiger partial charge in [-0.15, -0.1) is 0 Å². The van der Waals surface area contributed by atoms with Gasteiger partial charge in [0, 0.05) is 0 Å². The summed E-state index contributed by atoms with van der Waals surface area (Å²) in [6, 6.07) is -0.412. The van der Waals surface area contributed by atoms with E-state index in [1.165, 1.54) is 6.20 Å². The van der Waals surface area contributed by atoms with E-state index in [0.29, 0.717) is 29.6 Å². The van der Waals surface area contributed by atoms with Gasteiger partial charge in [-0.1, -0.05) is 10.3 Å². The molecule has 2 aromatic heterocycles. The molecular formula is C11H16N4O3. The van der Waals surface area contributed by atoms with Crippen LogP contribution in [-0.4, -0.2) is 28.0 Å². The van der Waals surface area contributed by atoms with Crippen LogP contribution in [0, 0.1) is 6.92 Å². The first-order valence-corrected chi connectivity index (χ1v) is 5.70. The van der Waals surface area contributed by atoms with Gasteiger partial charge in [0.1, 0.15) is 11.3 Å². The Morgan fingerprint density at radius 2 is 2.17 bits per heavy atom. The van der Waals surface area contributed by atoms with E-state index >= 15 is 0 Å². The maximum atomic E-state index is 5.90. The number of aromatic nitrogens is 3. The minimum absolute atomic E-state index is 0.114. The first kappa shape index (κ1) is 12.7. The Bertz CT molecular complexity index is 506. The summed E-state index contributed by atoms with van der Waals surface area (Å²) in [4.78, 5) is 4.21. The first-order chi connectivity index (χ1) is 8.58. The highest BCUT2D eigenvalue weighted by molar-refractivity contribution is 5.53. The van der Waals surface area contributed by atoms with Gasteiger partial charge in [-0.2, -0.15) is 4.98 Å². The molecule has 2 rings (SSSR count). The SMILES string of the molecule is Cc1oncc1-c1nc(C(N)COC(C)C)no1. The van der Waals surface area contributed by atoms with Crippen LogP contribution >= 0.6 is 0 Å². The van der Waals surface area contributed by atoms with E-state index in [-0.39, 0.29) is 6.10 Å². The topological polar surface area (TPSA) is 100 Å². The molecule has 1 unspecified atom stereocenters. The Labute approximate surface area is 104 Å². The predicted octanol–water partition coefficient (Wildman–Crippen LogP) is 1.46. The summed E-state index contributed by atoms with van der Waals surface area (Å²) < 4.78 is 15.5. The number of nitrogens with two attached hydrogens (primary N) is 1. The van der Waals surface area contributed by atoms with Gasteiger partial charge in [0.25, 0.3) is 5.89 Å². The molecule has 7 nitrogen and oxygen atoms in total. The molecule has 0 spiro atoms. The number of nitrogens with zero attached hydrogens (tertiary/aromatic N) is 3. The van der Waals surface area contributed by atoms with Crippen LogP contribution < -0.4 is 5.73 Å². The fraction of sp³-hybridized carbons (Fsp3) is 0.545. The van der Waals surface area contributed by atoms with Crippen LogP contribution in [0.5, 0.6) is 0 Å². The van der Waals surface area contributed by atoms with Crippen molar-refractivity contribution in [1.29, 1.82) is 0 Å². The number of aryl methyl sites for hydroxylation is 1. The normalized spacial score (nSPS) is 13.2. The highest BCUT2D eigenvalue weighted by Gasteiger charge is 2.18. The quantitative estimate of drug-likeness (QED) is 0.859. The van der Waals surface area contributed by atoms with E-state index in [1.54, 1.807) is 6.92 Å². The van der Waals surface area contributed by atoms with Gasteiger partial charge in [0.05, 0.1) is 24.9 Å². The lowest BCUT2D eigenvalue weighted by atomic mass is 10.3. The van der Waals surface area contributed by atoms with Crippen LogP contribution in [0.15, 0.2) is 15.2 Å². The van der Waals surface area contributed by atoms with Gasteiger partial charge in [0.15, 0.2) is 5.82 Å². The predicted molar refractivity (Wildman–Crippen MR) is 62.5 cm³/mol. The summed E-state index contributed by atoms with van der Waals surface area (Å²) in [6.07, 6.45) is 1.64. The summed E-state index contributed by atoms with van der Waals surface area (Å²) >= 11 is 0. The lowest BCUT2D eigenvalue weighted by Crippen LogP contribution is -2.20. The molecule has 2 heterocycles. The second kappa shape index (κ2) is 5.28. The highest BCUT2D eigenvalue weighted by Crippen LogP contribution is 2.21. The summed E-state index contributed by atoms with van der Waals surface area (Å²) in [5, 5.41) is 7.48. The van der Waals surface area contributed by atoms with E-state index in [9.17, 15) is 0 Å². The van der Waals surface area contributed by atoms with Crippen molar-refractivity contribution in [1.82, 2.24) is 15.3 Å². The third-order valence-electron chi connectivity index (χ3n) is 2.36. The smallest absolute Gasteiger partial charge is 0.263 e. The fourth-order valence-corrected chi connectivity index (χ4v) is 1.37. The average Bonchev–Trinajstić information content (AvgIpc) is 2.93. The molecule has 0 bridgehead atoms. The molecule has 98 valence electrons. The van der Waals surface area contributed by atoms with E-state index in [2.05, 4.69) is 15.3 Å². The zero-order chi connectivity index (χ0) is 13.1. The third-order valence-corrected chi connectivity index (χ3v) is 2.36. The zero-order valence-corrected chi connectivity index (χ0v) is 10.6. The second-order valence-corrected chi connectivity index (χ2v) is 4.24. The molecule has 0 aliphatic rings. The minimum Gasteiger partial charge on any atom is -0.377 e. The summed E-state index contributed by atoms with van der Waals surface area (Å²) in [7, 11) is 0. The van der Waals surface area contributed by atoms with E-state index in [1.807, 2.05) is 13.8 Å². The Kier molecular flexibility index (Phi) is 3.73. The monoisotopic (exact) mass is 252 g/mol. The third kappa shape index (κ3) is 2.74. The molecule has 0 fully saturated rings. The van der Waals surface area contributed by atoms with Gasteiger partial charge >= 0.3 is 0 Å². The van der Waals surface area contributed by atoms with Crippen molar-refractivity contribution < 1.29 is 13.8 Å². The number of hydrogen-bond acceptors (Lipinski definition) is 7. The van der Waals surface area contributed by atoms with Crippen molar-refractivity contribution in [2.75, 3.05) is 6.61 Å². The van der Waals surface area contributed by atoms with Crippen LogP contribution in [-0.2, 0) is 4.74 Å². The largest absolute Gasteiger partial charge is 0.377 e. The Morgan fingerprint density at radius 1 is 1.39 bits per heavy atom. The maximum absolute atomic E-state index is 5.90. The van der Waals surface area contributed by atoms with Crippen LogP contribution in [0.2, 0.25) is 0 Å². The van der Waals surface area contributed by atoms with Crippen LogP contribution in [0.1, 0.15) is 31.5 Å². The Balaban J connectivity index is 2.08. The van der Waals surface area contributed by atoms with Crippen molar-refractivity contribution in [3.63, 3.8) is 0 Å². The van der Waals surface area contributed by atoms with Crippen molar-refractivity contribution >= 4 is 0 Å². The molecule has 0 radical (unpaired) electrons. The maximum Gasteiger partial charge on any atom is 0.263 e. The molecular weight excluding hydrogens is 236 g/mol. The lowest BCUT2D eigenvalue weighted by molar-refractivity contribution is 0.0665. The van der Waals surface area contributed by atoms with Crippen LogP contribution in [0.25, 0.3) is 11.5 Å². The van der Waals surface area contributed by atoms with Crippen LogP contribution in [0.3, 0.4) is 0 Å². The van der Waals surface area contributed by atoms with Gasteiger partial charge in [-0.3, -0.25) is 0 Å². The number of rotatable bonds is 5. The summed E-state index contributed by atoms with van der Waals surface area (Å²) in [5.74, 6) is 1.38. The van der Waals surface area contributed by atoms with Gasteiger partial charge in [-0.05, 0) is 20.8 Å². The average molecular weight is 252 g/mol. The fourth-order valence-electron chi connectivity index (χ4n) is 1.37. The molecule has 0 amide bonds. The van der Waals surface area contributed by atoms with E-state index in [0.717, 1.165) is 0 Å². The second-order valence-electron chi connectivity index (χ2n) is 4.24. The molecule has 2 N–H and O–H groups in total. The van der Waals surface area contributed by atoms with Crippen LogP contribution in [0.4, 0.5) is 0 Å². The van der Waals surface area contributed by atoms with Gasteiger partial charge in [0.2, 0.25) is 0 Å². The van der Waals surface area contributed by atoms with E-state index < -0.39 is 6.04 Å². The molecule has 0 aromatic carbocycles. The molecule has 18 heavy (non-hydrogen) atoms. The molecule has 0 aliphatic carbocycles. The highest BCUT2D eigenvalue weighted by atomic mass is 16.5. The van der Waals surface area contributed by atoms with E-state index in [4.69, 9.17) is 19.5 Å². The van der Waals surface area contributed by atoms with Gasteiger partial charge < -0.3 is 19.5 Å². The molecule has 0 saturated heterocycles. The van der Waals surface area contributed by atoms with Crippen molar-refractivity contribution in [3.05, 3.63) is 17.8 Å². The number of hydrogen-bond donors (Lipinski definition) is 1. The summed E-state index contributed by atoms with van der Waals surface area (Å²) in [6.45, 7) is 6.00. The van der Waals surface area contributed by atoms with Gasteiger partial charge in [-0.25, -0.2) is 0 Å². The Morgan fingerprint density at radius 3 is 2.78 bits per heavy atom. The number of ether oxygens (including phenoxy) is 1. The lowest BCUT2D eigenvalue weighted by Gasteiger charge is -2.10. The first-order valence-electron chi connectivity index (χ1n) is 5.70. The molecule has 7 heteroatoms. The molecule has 2 aromatic rings. The molecule has 1 atom stereocenters. The minimum atomic E-state index is -0.412.